The average Bonchev–Trinajstić information content (AvgIpc) is 2.91. The molecule has 1 N–H and O–H groups in total. The molecule has 0 radical (unpaired) electrons. The van der Waals surface area contributed by atoms with Crippen molar-refractivity contribution in [2.24, 2.45) is 0 Å². The minimum atomic E-state index is -0.661. The van der Waals surface area contributed by atoms with E-state index in [1.807, 2.05) is 0 Å². The molecule has 1 aromatic carbocycles. The monoisotopic (exact) mass is 382 g/mol. The van der Waals surface area contributed by atoms with E-state index in [0.717, 1.165) is 22.2 Å². The molecular weight excluding hydrogens is 368 g/mol. The van der Waals surface area contributed by atoms with Crippen LogP contribution in [0.5, 0.6) is 0 Å². The Hall–Kier alpha value is -2.32. The summed E-state index contributed by atoms with van der Waals surface area (Å²) >= 11 is 6.69. The van der Waals surface area contributed by atoms with Crippen molar-refractivity contribution in [1.29, 1.82) is 0 Å². The van der Waals surface area contributed by atoms with Crippen molar-refractivity contribution >= 4 is 52.5 Å². The lowest BCUT2D eigenvalue weighted by Crippen LogP contribution is -2.38. The minimum Gasteiger partial charge on any atom is -0.452 e. The highest BCUT2D eigenvalue weighted by Gasteiger charge is 2.29. The summed E-state index contributed by atoms with van der Waals surface area (Å²) in [6, 6.07) is 6.85. The zero-order valence-corrected chi connectivity index (χ0v) is 14.6. The second-order valence-electron chi connectivity index (χ2n) is 4.94. The number of thioether (sulfide) groups is 1. The summed E-state index contributed by atoms with van der Waals surface area (Å²) in [5.74, 6) is -1.32. The highest BCUT2D eigenvalue weighted by Crippen LogP contribution is 2.17. The van der Waals surface area contributed by atoms with Crippen LogP contribution < -0.4 is 5.32 Å². The molecular formula is C16H15ClN2O5S. The van der Waals surface area contributed by atoms with Crippen molar-refractivity contribution in [2.45, 2.75) is 0 Å². The molecule has 7 nitrogen and oxygen atoms in total. The molecule has 132 valence electrons. The first-order valence-electron chi connectivity index (χ1n) is 7.30. The van der Waals surface area contributed by atoms with Crippen molar-refractivity contribution < 1.29 is 23.9 Å². The van der Waals surface area contributed by atoms with Crippen LogP contribution in [-0.4, -0.2) is 53.4 Å². The first-order chi connectivity index (χ1) is 12.0. The highest BCUT2D eigenvalue weighted by atomic mass is 35.5. The van der Waals surface area contributed by atoms with Crippen LogP contribution in [0.15, 0.2) is 30.3 Å². The number of ether oxygens (including phenoxy) is 1. The van der Waals surface area contributed by atoms with Gasteiger partial charge in [0, 0.05) is 24.2 Å². The lowest BCUT2D eigenvalue weighted by Gasteiger charge is -2.12. The number of benzene rings is 1. The number of hydrogen-bond donors (Lipinski definition) is 1. The van der Waals surface area contributed by atoms with Gasteiger partial charge in [0.05, 0.1) is 5.75 Å². The number of carbonyl (C=O) groups is 4. The molecule has 1 saturated heterocycles. The van der Waals surface area contributed by atoms with Crippen molar-refractivity contribution in [3.8, 4) is 0 Å². The van der Waals surface area contributed by atoms with Crippen LogP contribution in [0.25, 0.3) is 6.08 Å². The molecule has 1 heterocycles. The molecule has 1 aromatic rings. The molecule has 0 saturated carbocycles. The van der Waals surface area contributed by atoms with Gasteiger partial charge in [-0.25, -0.2) is 4.79 Å². The van der Waals surface area contributed by atoms with E-state index < -0.39 is 18.5 Å². The summed E-state index contributed by atoms with van der Waals surface area (Å²) in [6.45, 7) is -0.240. The maximum atomic E-state index is 11.6. The Morgan fingerprint density at radius 3 is 2.64 bits per heavy atom. The summed E-state index contributed by atoms with van der Waals surface area (Å²) in [4.78, 5) is 46.9. The first-order valence-corrected chi connectivity index (χ1v) is 8.66. The summed E-state index contributed by atoms with van der Waals surface area (Å²) in [5, 5.41) is 2.74. The Balaban J connectivity index is 1.65. The van der Waals surface area contributed by atoms with Crippen LogP contribution in [0.4, 0.5) is 4.79 Å². The predicted molar refractivity (Wildman–Crippen MR) is 94.0 cm³/mol. The van der Waals surface area contributed by atoms with Gasteiger partial charge in [0.1, 0.15) is 0 Å². The van der Waals surface area contributed by atoms with Crippen LogP contribution >= 0.6 is 23.4 Å². The Kier molecular flexibility index (Phi) is 7.03. The quantitative estimate of drug-likeness (QED) is 0.570. The van der Waals surface area contributed by atoms with E-state index in [2.05, 4.69) is 5.32 Å². The van der Waals surface area contributed by atoms with Crippen LogP contribution in [0.3, 0.4) is 0 Å². The molecule has 3 amide bonds. The van der Waals surface area contributed by atoms with E-state index in [4.69, 9.17) is 16.3 Å². The van der Waals surface area contributed by atoms with E-state index in [1.54, 1.807) is 30.3 Å². The molecule has 1 aliphatic heterocycles. The maximum absolute atomic E-state index is 11.6. The molecule has 0 unspecified atom stereocenters. The number of nitrogens with one attached hydrogen (secondary N) is 1. The summed E-state index contributed by atoms with van der Waals surface area (Å²) in [7, 11) is 0. The maximum Gasteiger partial charge on any atom is 0.331 e. The van der Waals surface area contributed by atoms with Gasteiger partial charge < -0.3 is 10.1 Å². The SMILES string of the molecule is O=C(COC(=O)/C=C/c1ccc(Cl)cc1)NCCN1C(=O)CSC1=O. The highest BCUT2D eigenvalue weighted by molar-refractivity contribution is 8.14. The number of esters is 1. The summed E-state index contributed by atoms with van der Waals surface area (Å²) < 4.78 is 4.80. The number of halogens is 1. The van der Waals surface area contributed by atoms with Gasteiger partial charge in [0.15, 0.2) is 6.61 Å². The molecule has 0 aliphatic carbocycles. The fraction of sp³-hybridized carbons (Fsp3) is 0.250. The van der Waals surface area contributed by atoms with E-state index >= 15 is 0 Å². The van der Waals surface area contributed by atoms with Gasteiger partial charge >= 0.3 is 5.97 Å². The molecule has 1 aliphatic rings. The van der Waals surface area contributed by atoms with E-state index in [-0.39, 0.29) is 30.0 Å². The third kappa shape index (κ3) is 6.24. The number of imide groups is 1. The fourth-order valence-corrected chi connectivity index (χ4v) is 2.76. The molecule has 0 bridgehead atoms. The Labute approximate surface area is 153 Å². The standard InChI is InChI=1S/C16H15ClN2O5S/c17-12-4-1-11(2-5-12)3-6-15(22)24-9-13(20)18-7-8-19-14(21)10-25-16(19)23/h1-6H,7-10H2,(H,18,20)/b6-3+. The molecule has 9 heteroatoms. The predicted octanol–water partition coefficient (Wildman–Crippen LogP) is 1.71. The largest absolute Gasteiger partial charge is 0.452 e. The van der Waals surface area contributed by atoms with Gasteiger partial charge in [-0.3, -0.25) is 19.3 Å². The summed E-state index contributed by atoms with van der Waals surface area (Å²) in [5.41, 5.74) is 0.767. The number of amides is 3. The number of hydrogen-bond acceptors (Lipinski definition) is 6. The van der Waals surface area contributed by atoms with E-state index in [1.165, 1.54) is 6.08 Å². The normalized spacial score (nSPS) is 14.2. The number of rotatable bonds is 7. The van der Waals surface area contributed by atoms with Crippen molar-refractivity contribution in [3.63, 3.8) is 0 Å². The van der Waals surface area contributed by atoms with Crippen molar-refractivity contribution in [2.75, 3.05) is 25.4 Å². The minimum absolute atomic E-state index is 0.0980. The van der Waals surface area contributed by atoms with Gasteiger partial charge in [-0.15, -0.1) is 0 Å². The van der Waals surface area contributed by atoms with Crippen LogP contribution in [0.2, 0.25) is 5.02 Å². The Morgan fingerprint density at radius 2 is 2.00 bits per heavy atom. The van der Waals surface area contributed by atoms with Gasteiger partial charge in [0.2, 0.25) is 5.91 Å². The molecule has 2 rings (SSSR count). The van der Waals surface area contributed by atoms with Gasteiger partial charge in [0.25, 0.3) is 11.1 Å². The average molecular weight is 383 g/mol. The molecule has 25 heavy (non-hydrogen) atoms. The van der Waals surface area contributed by atoms with Crippen molar-refractivity contribution in [3.05, 3.63) is 40.9 Å². The zero-order chi connectivity index (χ0) is 18.2. The van der Waals surface area contributed by atoms with Crippen LogP contribution in [0, 0.1) is 0 Å². The zero-order valence-electron chi connectivity index (χ0n) is 13.1. The molecule has 0 aromatic heterocycles. The second-order valence-corrected chi connectivity index (χ2v) is 6.31. The topological polar surface area (TPSA) is 92.8 Å². The van der Waals surface area contributed by atoms with Crippen LogP contribution in [-0.2, 0) is 19.1 Å². The van der Waals surface area contributed by atoms with Gasteiger partial charge in [-0.05, 0) is 23.8 Å². The number of nitrogens with zero attached hydrogens (tertiary/aromatic N) is 1. The van der Waals surface area contributed by atoms with Crippen LogP contribution in [0.1, 0.15) is 5.56 Å². The molecule has 1 fully saturated rings. The van der Waals surface area contributed by atoms with Gasteiger partial charge in [-0.1, -0.05) is 35.5 Å². The third-order valence-electron chi connectivity index (χ3n) is 3.13. The fourth-order valence-electron chi connectivity index (χ4n) is 1.88. The Bertz CT molecular complexity index is 689. The van der Waals surface area contributed by atoms with Gasteiger partial charge in [-0.2, -0.15) is 0 Å². The first kappa shape index (κ1) is 19.0. The summed E-state index contributed by atoms with van der Waals surface area (Å²) in [6.07, 6.45) is 2.74. The molecule has 0 atom stereocenters. The smallest absolute Gasteiger partial charge is 0.331 e. The lowest BCUT2D eigenvalue weighted by molar-refractivity contribution is -0.143. The lowest BCUT2D eigenvalue weighted by atomic mass is 10.2. The van der Waals surface area contributed by atoms with Crippen molar-refractivity contribution in [1.82, 2.24) is 10.2 Å². The molecule has 0 spiro atoms. The van der Waals surface area contributed by atoms with E-state index in [9.17, 15) is 19.2 Å². The van der Waals surface area contributed by atoms with E-state index in [0.29, 0.717) is 5.02 Å². The third-order valence-corrected chi connectivity index (χ3v) is 4.24. The second kappa shape index (κ2) is 9.24. The number of carbonyl (C=O) groups excluding carboxylic acids is 4. The Morgan fingerprint density at radius 1 is 1.28 bits per heavy atom.